The Morgan fingerprint density at radius 1 is 1.16 bits per heavy atom. The summed E-state index contributed by atoms with van der Waals surface area (Å²) < 4.78 is 75.5. The summed E-state index contributed by atoms with van der Waals surface area (Å²) in [6, 6.07) is 11.5. The second-order valence-corrected chi connectivity index (χ2v) is 8.88. The Kier molecular flexibility index (Phi) is 5.82. The van der Waals surface area contributed by atoms with E-state index in [9.17, 15) is 26.4 Å². The maximum atomic E-state index is 13.1. The first kappa shape index (κ1) is 22.1. The van der Waals surface area contributed by atoms with E-state index in [1.54, 1.807) is 6.07 Å². The zero-order valence-electron chi connectivity index (χ0n) is 16.5. The van der Waals surface area contributed by atoms with Gasteiger partial charge in [-0.15, -0.1) is 9.19 Å². The minimum atomic E-state index is -5.29. The van der Waals surface area contributed by atoms with Gasteiger partial charge in [0, 0.05) is 6.04 Å². The fourth-order valence-electron chi connectivity index (χ4n) is 3.38. The smallest absolute Gasteiger partial charge is 0.491 e. The van der Waals surface area contributed by atoms with Crippen LogP contribution in [0.1, 0.15) is 12.8 Å². The van der Waals surface area contributed by atoms with E-state index < -0.39 is 28.0 Å². The Morgan fingerprint density at radius 3 is 2.56 bits per heavy atom. The van der Waals surface area contributed by atoms with Crippen LogP contribution < -0.4 is 14.8 Å². The number of esters is 1. The van der Waals surface area contributed by atoms with Crippen LogP contribution in [-0.4, -0.2) is 48.9 Å². The molecule has 8 nitrogen and oxygen atoms in total. The van der Waals surface area contributed by atoms with Crippen LogP contribution in [-0.2, 0) is 14.8 Å². The molecule has 1 aliphatic heterocycles. The normalized spacial score (nSPS) is 16.9. The summed E-state index contributed by atoms with van der Waals surface area (Å²) in [7, 11) is -4.30. The zero-order valence-corrected chi connectivity index (χ0v) is 17.3. The van der Waals surface area contributed by atoms with Crippen molar-refractivity contribution in [2.24, 2.45) is 0 Å². The minimum Gasteiger partial charge on any atom is -0.491 e. The minimum absolute atomic E-state index is 0.0366. The number of hydrogen-bond donors (Lipinski definition) is 1. The van der Waals surface area contributed by atoms with Gasteiger partial charge in [-0.2, -0.15) is 21.6 Å². The molecule has 0 unspecified atom stereocenters. The Bertz CT molecular complexity index is 1240. The number of hydrogen-bond acceptors (Lipinski definition) is 7. The lowest BCUT2D eigenvalue weighted by atomic mass is 10.2. The molecule has 12 heteroatoms. The molecule has 1 aromatic heterocycles. The van der Waals surface area contributed by atoms with Crippen LogP contribution in [0.25, 0.3) is 10.9 Å². The molecular formula is C20H18F3N3O5S. The number of rotatable bonds is 6. The van der Waals surface area contributed by atoms with Crippen molar-refractivity contribution in [1.82, 2.24) is 14.5 Å². The molecule has 2 heterocycles. The predicted octanol–water partition coefficient (Wildman–Crippen LogP) is 2.87. The van der Waals surface area contributed by atoms with Crippen LogP contribution in [0.2, 0.25) is 0 Å². The van der Waals surface area contributed by atoms with Crippen molar-refractivity contribution in [3.63, 3.8) is 0 Å². The standard InChI is InChI=1S/C20H18F3N3O5S/c21-20(22,23)19(27)31-18-17-15(9-4-10-16(17)30-12-13-6-5-11-24-13)26(25-18)32(28,29)14-7-2-1-3-8-14/h1-4,7-10,13,24H,5-6,11-12H2/t13-/m0/s1. The molecule has 0 spiro atoms. The summed E-state index contributed by atoms with van der Waals surface area (Å²) >= 11 is 0. The number of halogens is 3. The number of nitrogens with one attached hydrogen (secondary N) is 1. The number of alkyl halides is 3. The van der Waals surface area contributed by atoms with Crippen molar-refractivity contribution in [1.29, 1.82) is 0 Å². The molecule has 0 amide bonds. The highest BCUT2D eigenvalue weighted by molar-refractivity contribution is 7.90. The van der Waals surface area contributed by atoms with E-state index in [1.807, 2.05) is 0 Å². The molecule has 1 atom stereocenters. The van der Waals surface area contributed by atoms with Gasteiger partial charge in [-0.1, -0.05) is 24.3 Å². The van der Waals surface area contributed by atoms with E-state index >= 15 is 0 Å². The molecule has 1 saturated heterocycles. The largest absolute Gasteiger partial charge is 0.491 e. The third-order valence-electron chi connectivity index (χ3n) is 4.90. The van der Waals surface area contributed by atoms with Crippen LogP contribution in [0.4, 0.5) is 13.2 Å². The second kappa shape index (κ2) is 8.43. The van der Waals surface area contributed by atoms with Crippen molar-refractivity contribution in [3.05, 3.63) is 48.5 Å². The van der Waals surface area contributed by atoms with E-state index in [0.717, 1.165) is 19.4 Å². The zero-order chi connectivity index (χ0) is 22.9. The summed E-state index contributed by atoms with van der Waals surface area (Å²) in [5, 5.41) is 6.79. The molecule has 0 radical (unpaired) electrons. The third kappa shape index (κ3) is 4.28. The third-order valence-corrected chi connectivity index (χ3v) is 6.50. The number of benzene rings is 2. The SMILES string of the molecule is O=C(Oc1nn(S(=O)(=O)c2ccccc2)c2cccc(OC[C@@H]3CCCN3)c12)C(F)(F)F. The molecule has 0 bridgehead atoms. The Labute approximate surface area is 181 Å². The maximum absolute atomic E-state index is 13.1. The lowest BCUT2D eigenvalue weighted by molar-refractivity contribution is -0.189. The molecule has 4 rings (SSSR count). The van der Waals surface area contributed by atoms with E-state index in [1.165, 1.54) is 42.5 Å². The van der Waals surface area contributed by atoms with Crippen LogP contribution in [0.5, 0.6) is 11.6 Å². The lowest BCUT2D eigenvalue weighted by Crippen LogP contribution is -2.28. The van der Waals surface area contributed by atoms with Gasteiger partial charge in [0.25, 0.3) is 15.9 Å². The van der Waals surface area contributed by atoms with E-state index in [-0.39, 0.29) is 34.2 Å². The van der Waals surface area contributed by atoms with Gasteiger partial charge in [-0.3, -0.25) is 0 Å². The molecule has 1 N–H and O–H groups in total. The average Bonchev–Trinajstić information content (AvgIpc) is 3.41. The number of ether oxygens (including phenoxy) is 2. The second-order valence-electron chi connectivity index (χ2n) is 7.11. The highest BCUT2D eigenvalue weighted by Gasteiger charge is 2.42. The van der Waals surface area contributed by atoms with Gasteiger partial charge in [-0.25, -0.2) is 4.79 Å². The van der Waals surface area contributed by atoms with Gasteiger partial charge >= 0.3 is 12.1 Å². The first-order chi connectivity index (χ1) is 15.2. The first-order valence-electron chi connectivity index (χ1n) is 9.65. The molecule has 1 fully saturated rings. The number of fused-ring (bicyclic) bond motifs is 1. The molecule has 0 aliphatic carbocycles. The summed E-state index contributed by atoms with van der Waals surface area (Å²) in [5.74, 6) is -3.28. The van der Waals surface area contributed by atoms with Crippen LogP contribution >= 0.6 is 0 Å². The van der Waals surface area contributed by atoms with Crippen molar-refractivity contribution in [2.75, 3.05) is 13.2 Å². The molecular weight excluding hydrogens is 451 g/mol. The number of carbonyl (C=O) groups is 1. The summed E-state index contributed by atoms with van der Waals surface area (Å²) in [6.45, 7) is 1.02. The van der Waals surface area contributed by atoms with Gasteiger partial charge < -0.3 is 14.8 Å². The quantitative estimate of drug-likeness (QED) is 0.554. The van der Waals surface area contributed by atoms with Gasteiger partial charge in [0.1, 0.15) is 17.7 Å². The summed E-state index contributed by atoms with van der Waals surface area (Å²) in [4.78, 5) is 11.3. The van der Waals surface area contributed by atoms with Gasteiger partial charge in [0.2, 0.25) is 0 Å². The Morgan fingerprint density at radius 2 is 1.91 bits per heavy atom. The molecule has 2 aromatic carbocycles. The fourth-order valence-corrected chi connectivity index (χ4v) is 4.68. The van der Waals surface area contributed by atoms with Crippen molar-refractivity contribution >= 4 is 26.9 Å². The summed E-state index contributed by atoms with van der Waals surface area (Å²) in [6.07, 6.45) is -3.48. The lowest BCUT2D eigenvalue weighted by Gasteiger charge is -2.13. The van der Waals surface area contributed by atoms with Crippen LogP contribution in [0.3, 0.4) is 0 Å². The monoisotopic (exact) mass is 469 g/mol. The highest BCUT2D eigenvalue weighted by atomic mass is 32.2. The predicted molar refractivity (Wildman–Crippen MR) is 107 cm³/mol. The fraction of sp³-hybridized carbons (Fsp3) is 0.300. The molecule has 32 heavy (non-hydrogen) atoms. The number of nitrogens with zero attached hydrogens (tertiary/aromatic N) is 2. The van der Waals surface area contributed by atoms with Crippen molar-refractivity contribution in [3.8, 4) is 11.6 Å². The molecule has 0 saturated carbocycles. The van der Waals surface area contributed by atoms with Crippen molar-refractivity contribution in [2.45, 2.75) is 30.0 Å². The Hall–Kier alpha value is -3.12. The van der Waals surface area contributed by atoms with Crippen molar-refractivity contribution < 1.29 is 35.9 Å². The van der Waals surface area contributed by atoms with E-state index in [0.29, 0.717) is 4.09 Å². The summed E-state index contributed by atoms with van der Waals surface area (Å²) in [5.41, 5.74) is -0.0873. The first-order valence-corrected chi connectivity index (χ1v) is 11.1. The van der Waals surface area contributed by atoms with Gasteiger partial charge in [0.15, 0.2) is 0 Å². The number of aromatic nitrogens is 2. The topological polar surface area (TPSA) is 99.5 Å². The Balaban J connectivity index is 1.82. The maximum Gasteiger partial charge on any atom is 0.491 e. The molecule has 3 aromatic rings. The molecule has 1 aliphatic rings. The van der Waals surface area contributed by atoms with E-state index in [2.05, 4.69) is 15.2 Å². The number of carbonyl (C=O) groups excluding carboxylic acids is 1. The van der Waals surface area contributed by atoms with E-state index in [4.69, 9.17) is 4.74 Å². The average molecular weight is 469 g/mol. The highest BCUT2D eigenvalue weighted by Crippen LogP contribution is 2.36. The van der Waals surface area contributed by atoms with Gasteiger partial charge in [-0.05, 0) is 43.7 Å². The van der Waals surface area contributed by atoms with Crippen LogP contribution in [0, 0.1) is 0 Å². The van der Waals surface area contributed by atoms with Crippen LogP contribution in [0.15, 0.2) is 53.4 Å². The molecule has 170 valence electrons. The van der Waals surface area contributed by atoms with Gasteiger partial charge in [0.05, 0.1) is 10.4 Å².